The highest BCUT2D eigenvalue weighted by Gasteiger charge is 2.22. The minimum absolute atomic E-state index is 0.279. The summed E-state index contributed by atoms with van der Waals surface area (Å²) in [6, 6.07) is 3.67. The van der Waals surface area contributed by atoms with E-state index in [-0.39, 0.29) is 12.1 Å². The van der Waals surface area contributed by atoms with Gasteiger partial charge in [0, 0.05) is 6.54 Å². The van der Waals surface area contributed by atoms with Crippen LogP contribution in [-0.4, -0.2) is 52.2 Å². The molecule has 0 atom stereocenters. The molecule has 1 amide bonds. The maximum atomic E-state index is 12.3. The summed E-state index contributed by atoms with van der Waals surface area (Å²) in [5.41, 5.74) is -0.288. The first-order valence-corrected chi connectivity index (χ1v) is 5.16. The van der Waals surface area contributed by atoms with Gasteiger partial charge >= 0.3 is 0 Å². The molecule has 0 saturated heterocycles. The van der Waals surface area contributed by atoms with Crippen molar-refractivity contribution < 1.29 is 28.9 Å². The molecule has 0 heterocycles. The van der Waals surface area contributed by atoms with Crippen LogP contribution in [0.5, 0.6) is 11.5 Å². The van der Waals surface area contributed by atoms with Crippen molar-refractivity contribution in [3.05, 3.63) is 23.8 Å². The zero-order valence-electron chi connectivity index (χ0n) is 9.38. The Morgan fingerprint density at radius 2 is 2.00 bits per heavy atom. The SMILES string of the molecule is O=C(c1cccc(O)c1O)N(CCO)CC(F)F. The van der Waals surface area contributed by atoms with Gasteiger partial charge in [0.2, 0.25) is 0 Å². The third kappa shape index (κ3) is 3.30. The molecule has 1 aromatic carbocycles. The summed E-state index contributed by atoms with van der Waals surface area (Å²) in [5, 5.41) is 27.4. The molecule has 3 N–H and O–H groups in total. The van der Waals surface area contributed by atoms with Crippen LogP contribution in [0.15, 0.2) is 18.2 Å². The molecule has 18 heavy (non-hydrogen) atoms. The molecule has 0 fully saturated rings. The number of rotatable bonds is 5. The maximum absolute atomic E-state index is 12.3. The first-order valence-electron chi connectivity index (χ1n) is 5.16. The Balaban J connectivity index is 2.98. The second-order valence-corrected chi connectivity index (χ2v) is 3.54. The van der Waals surface area contributed by atoms with Crippen molar-refractivity contribution >= 4 is 5.91 Å². The predicted molar refractivity (Wildman–Crippen MR) is 58.8 cm³/mol. The Kier molecular flexibility index (Phi) is 4.85. The minimum atomic E-state index is -2.75. The first-order chi connectivity index (χ1) is 8.47. The van der Waals surface area contributed by atoms with Gasteiger partial charge < -0.3 is 20.2 Å². The first kappa shape index (κ1) is 14.2. The molecular formula is C11H13F2NO4. The molecule has 0 aliphatic carbocycles. The van der Waals surface area contributed by atoms with Crippen LogP contribution in [0, 0.1) is 0 Å². The second-order valence-electron chi connectivity index (χ2n) is 3.54. The molecule has 0 spiro atoms. The number of hydrogen-bond donors (Lipinski definition) is 3. The van der Waals surface area contributed by atoms with Crippen LogP contribution in [0.25, 0.3) is 0 Å². The van der Waals surface area contributed by atoms with Gasteiger partial charge in [-0.1, -0.05) is 6.07 Å². The Bertz CT molecular complexity index is 426. The van der Waals surface area contributed by atoms with Gasteiger partial charge in [0.1, 0.15) is 0 Å². The molecule has 5 nitrogen and oxygen atoms in total. The fourth-order valence-corrected chi connectivity index (χ4v) is 1.44. The second kappa shape index (κ2) is 6.15. The van der Waals surface area contributed by atoms with E-state index >= 15 is 0 Å². The number of aliphatic hydroxyl groups excluding tert-OH is 1. The monoisotopic (exact) mass is 261 g/mol. The van der Waals surface area contributed by atoms with Crippen LogP contribution in [0.1, 0.15) is 10.4 Å². The average Bonchev–Trinajstić information content (AvgIpc) is 2.31. The molecule has 0 aliphatic rings. The number of hydrogen-bond acceptors (Lipinski definition) is 4. The number of halogens is 2. The molecule has 0 aromatic heterocycles. The van der Waals surface area contributed by atoms with E-state index in [2.05, 4.69) is 0 Å². The standard InChI is InChI=1S/C11H13F2NO4/c12-9(13)6-14(4-5-15)11(18)7-2-1-3-8(16)10(7)17/h1-3,9,15-17H,4-6H2. The van der Waals surface area contributed by atoms with Gasteiger partial charge in [-0.2, -0.15) is 0 Å². The lowest BCUT2D eigenvalue weighted by molar-refractivity contribution is 0.0506. The topological polar surface area (TPSA) is 81.0 Å². The zero-order valence-corrected chi connectivity index (χ0v) is 9.38. The summed E-state index contributed by atoms with van der Waals surface area (Å²) in [6.45, 7) is -1.61. The average molecular weight is 261 g/mol. The summed E-state index contributed by atoms with van der Waals surface area (Å²) in [6.07, 6.45) is -2.75. The lowest BCUT2D eigenvalue weighted by atomic mass is 10.1. The number of aliphatic hydroxyl groups is 1. The van der Waals surface area contributed by atoms with Gasteiger partial charge in [-0.15, -0.1) is 0 Å². The van der Waals surface area contributed by atoms with Crippen molar-refractivity contribution in [2.24, 2.45) is 0 Å². The number of phenols is 2. The van der Waals surface area contributed by atoms with Crippen LogP contribution in [0.2, 0.25) is 0 Å². The molecule has 0 aliphatic heterocycles. The summed E-state index contributed by atoms with van der Waals surface area (Å²) in [7, 11) is 0. The summed E-state index contributed by atoms with van der Waals surface area (Å²) < 4.78 is 24.6. The summed E-state index contributed by atoms with van der Waals surface area (Å²) in [5.74, 6) is -2.06. The Labute approximate surface area is 102 Å². The lowest BCUT2D eigenvalue weighted by Crippen LogP contribution is -2.37. The molecule has 0 bridgehead atoms. The number of nitrogens with zero attached hydrogens (tertiary/aromatic N) is 1. The van der Waals surface area contributed by atoms with Crippen molar-refractivity contribution in [1.29, 1.82) is 0 Å². The zero-order chi connectivity index (χ0) is 13.7. The van der Waals surface area contributed by atoms with E-state index in [1.54, 1.807) is 0 Å². The molecule has 0 radical (unpaired) electrons. The third-order valence-corrected chi connectivity index (χ3v) is 2.26. The quantitative estimate of drug-likeness (QED) is 0.685. The Morgan fingerprint density at radius 3 is 2.56 bits per heavy atom. The van der Waals surface area contributed by atoms with Crippen LogP contribution in [0.4, 0.5) is 8.78 Å². The fraction of sp³-hybridized carbons (Fsp3) is 0.364. The fourth-order valence-electron chi connectivity index (χ4n) is 1.44. The normalized spacial score (nSPS) is 10.7. The number of aromatic hydroxyl groups is 2. The number of alkyl halides is 2. The van der Waals surface area contributed by atoms with Gasteiger partial charge in [-0.25, -0.2) is 8.78 Å². The van der Waals surface area contributed by atoms with Crippen LogP contribution >= 0.6 is 0 Å². The highest BCUT2D eigenvalue weighted by atomic mass is 19.3. The molecule has 0 unspecified atom stereocenters. The molecule has 1 rings (SSSR count). The van der Waals surface area contributed by atoms with Crippen LogP contribution in [0.3, 0.4) is 0 Å². The largest absolute Gasteiger partial charge is 0.504 e. The van der Waals surface area contributed by atoms with Crippen molar-refractivity contribution in [2.75, 3.05) is 19.7 Å². The number of para-hydroxylation sites is 1. The highest BCUT2D eigenvalue weighted by molar-refractivity contribution is 5.97. The van der Waals surface area contributed by atoms with Gasteiger partial charge in [0.25, 0.3) is 12.3 Å². The number of carbonyl (C=O) groups is 1. The number of phenolic OH excluding ortho intramolecular Hbond substituents is 2. The van der Waals surface area contributed by atoms with Gasteiger partial charge in [0.05, 0.1) is 18.7 Å². The highest BCUT2D eigenvalue weighted by Crippen LogP contribution is 2.29. The van der Waals surface area contributed by atoms with E-state index in [0.717, 1.165) is 6.07 Å². The number of benzene rings is 1. The number of amides is 1. The molecule has 100 valence electrons. The Hall–Kier alpha value is -1.89. The van der Waals surface area contributed by atoms with Crippen LogP contribution in [-0.2, 0) is 0 Å². The lowest BCUT2D eigenvalue weighted by Gasteiger charge is -2.21. The van der Waals surface area contributed by atoms with Gasteiger partial charge in [-0.05, 0) is 12.1 Å². The molecule has 1 aromatic rings. The van der Waals surface area contributed by atoms with Crippen molar-refractivity contribution in [1.82, 2.24) is 4.90 Å². The summed E-state index contributed by atoms with van der Waals surface area (Å²) >= 11 is 0. The van der Waals surface area contributed by atoms with E-state index in [1.807, 2.05) is 0 Å². The van der Waals surface area contributed by atoms with Crippen molar-refractivity contribution in [3.63, 3.8) is 0 Å². The number of carbonyl (C=O) groups excluding carboxylic acids is 1. The predicted octanol–water partition coefficient (Wildman–Crippen LogP) is 0.797. The molecule has 0 saturated carbocycles. The van der Waals surface area contributed by atoms with E-state index in [0.29, 0.717) is 4.90 Å². The van der Waals surface area contributed by atoms with E-state index < -0.39 is 37.0 Å². The van der Waals surface area contributed by atoms with Crippen molar-refractivity contribution in [2.45, 2.75) is 6.43 Å². The summed E-state index contributed by atoms with van der Waals surface area (Å²) in [4.78, 5) is 12.6. The smallest absolute Gasteiger partial charge is 0.258 e. The molecular weight excluding hydrogens is 248 g/mol. The van der Waals surface area contributed by atoms with E-state index in [9.17, 15) is 23.8 Å². The minimum Gasteiger partial charge on any atom is -0.504 e. The molecule has 7 heteroatoms. The van der Waals surface area contributed by atoms with E-state index in [1.165, 1.54) is 12.1 Å². The van der Waals surface area contributed by atoms with Gasteiger partial charge in [-0.3, -0.25) is 4.79 Å². The van der Waals surface area contributed by atoms with Crippen molar-refractivity contribution in [3.8, 4) is 11.5 Å². The van der Waals surface area contributed by atoms with Crippen LogP contribution < -0.4 is 0 Å². The van der Waals surface area contributed by atoms with Gasteiger partial charge in [0.15, 0.2) is 11.5 Å². The third-order valence-electron chi connectivity index (χ3n) is 2.26. The van der Waals surface area contributed by atoms with E-state index in [4.69, 9.17) is 5.11 Å². The Morgan fingerprint density at radius 1 is 1.33 bits per heavy atom. The maximum Gasteiger partial charge on any atom is 0.258 e.